The summed E-state index contributed by atoms with van der Waals surface area (Å²) in [6.45, 7) is 8.52. The maximum absolute atomic E-state index is 16.4. The van der Waals surface area contributed by atoms with Crippen LogP contribution >= 0.6 is 30.8 Å². The van der Waals surface area contributed by atoms with E-state index in [2.05, 4.69) is 60.1 Å². The molecular formula is C80H105Cl2N12O28P. The van der Waals surface area contributed by atoms with E-state index in [1.807, 2.05) is 0 Å². The van der Waals surface area contributed by atoms with Crippen molar-refractivity contribution < 1.29 is 132 Å². The number of halogens is 2. The Morgan fingerprint density at radius 3 is 1.93 bits per heavy atom. The lowest BCUT2D eigenvalue weighted by atomic mass is 9.85. The summed E-state index contributed by atoms with van der Waals surface area (Å²) in [5.74, 6) is -17.9. The van der Waals surface area contributed by atoms with Gasteiger partial charge >= 0.3 is 13.6 Å². The summed E-state index contributed by atoms with van der Waals surface area (Å²) in [5.41, 5.74) is -0.163. The molecule has 2 fully saturated rings. The summed E-state index contributed by atoms with van der Waals surface area (Å²) in [6, 6.07) is -3.10. The van der Waals surface area contributed by atoms with Crippen molar-refractivity contribution in [1.82, 2.24) is 52.9 Å². The quantitative estimate of drug-likeness (QED) is 0.0131. The molecule has 0 saturated carbocycles. The number of phenols is 3. The van der Waals surface area contributed by atoms with Gasteiger partial charge in [0, 0.05) is 41.7 Å². The van der Waals surface area contributed by atoms with Crippen LogP contribution in [0.25, 0.3) is 11.1 Å². The van der Waals surface area contributed by atoms with Gasteiger partial charge in [-0.25, -0.2) is 9.80 Å². The average molecular weight is 1780 g/mol. The summed E-state index contributed by atoms with van der Waals surface area (Å²) in [6.07, 6.45) is -11.2. The lowest BCUT2D eigenvalue weighted by Gasteiger charge is -2.48. The number of carboxylic acid groups (broad SMARTS) is 1. The van der Waals surface area contributed by atoms with E-state index in [4.69, 9.17) is 57.4 Å². The van der Waals surface area contributed by atoms with E-state index < -0.39 is 274 Å². The van der Waals surface area contributed by atoms with Gasteiger partial charge in [-0.2, -0.15) is 0 Å². The lowest BCUT2D eigenvalue weighted by Crippen LogP contribution is -2.65. The predicted molar refractivity (Wildman–Crippen MR) is 437 cm³/mol. The highest BCUT2D eigenvalue weighted by atomic mass is 35.5. The number of nitrogens with two attached hydrogens (primary N) is 1. The van der Waals surface area contributed by atoms with Crippen molar-refractivity contribution in [1.29, 1.82) is 0 Å². The lowest BCUT2D eigenvalue weighted by molar-refractivity contribution is -0.334. The molecule has 7 aliphatic rings. The third-order valence-electron chi connectivity index (χ3n) is 21.9. The number of phenolic OH excluding ortho intramolecular Hbond substituents is 3. The van der Waals surface area contributed by atoms with Gasteiger partial charge in [0.25, 0.3) is 0 Å². The molecule has 5 aromatic rings. The van der Waals surface area contributed by atoms with E-state index >= 15 is 24.0 Å². The summed E-state index contributed by atoms with van der Waals surface area (Å²) in [5, 5.41) is 144. The van der Waals surface area contributed by atoms with Crippen LogP contribution in [0.1, 0.15) is 169 Å². The van der Waals surface area contributed by atoms with Crippen LogP contribution in [0.3, 0.4) is 0 Å². The number of hydrogen-bond donors (Lipinski definition) is 22. The minimum absolute atomic E-state index is 0.134. The Morgan fingerprint density at radius 1 is 0.724 bits per heavy atom. The Balaban J connectivity index is 1.18. The second-order valence-corrected chi connectivity index (χ2v) is 34.0. The zero-order valence-electron chi connectivity index (χ0n) is 67.9. The second-order valence-electron chi connectivity index (χ2n) is 31.6. The van der Waals surface area contributed by atoms with Crippen molar-refractivity contribution in [2.24, 2.45) is 16.9 Å². The standard InChI is InChI=1S/C80H105Cl2N12O28P/c1-7-8-9-10-11-12-13-14-21-85-22-23-86-80(5)32-57(117-37(4)71(80)104)121-70-68(103)67(102)55(34-95)120-79(70)122-69-53-28-41-29-54(69)119-52-20-17-40(27-46(52)82)65(100)63-77(110)90-61(78(111)112)43-30-50(97)44(33-94(93-113)35-123(114,115)116)66(101)58(43)42-25-38(15-18-49(42)96)59(74(107)92-63)89-75(108)60(41)88-73(106)48(31-56(83)98)87-76(109)62(91-72(105)47(84-6)24-36(2)3)64(99)39-16-19-51(118-53)45(81)26-39/h15-20,25-30,36-37,47-48,55,57,59-65,67-68,70-71,79,84-86,95-97,99-104H,7-14,21-24,31-35H2,1-6H3,(H2,83,98)(H,87,109)(H,88,106)(H,89,108)(H,90,110)(H,91,105)(H,92,107)(H,111,112)(H2,114,115,116)/t37-,47+,48-,55+,57-,59+,60+,61-,62+,63-,64+,65+,67+,68-,70+,71+,79-,80-/m0/s1. The van der Waals surface area contributed by atoms with Crippen LogP contribution in [0.15, 0.2) is 78.1 Å². The van der Waals surface area contributed by atoms with Gasteiger partial charge in [0.1, 0.15) is 95.8 Å². The third kappa shape index (κ3) is 23.3. The number of benzene rings is 5. The number of aromatic hydroxyl groups is 3. The summed E-state index contributed by atoms with van der Waals surface area (Å²) in [4.78, 5) is 151. The summed E-state index contributed by atoms with van der Waals surface area (Å²) >= 11 is 14.3. The second kappa shape index (κ2) is 41.9. The number of nitroso groups, excluding NO2 is 1. The number of aliphatic hydroxyl groups is 6. The number of carbonyl (C=O) groups is 8. The Bertz CT molecular complexity index is 4750. The molecule has 7 aliphatic heterocycles. The number of amides is 7. The SMILES string of the molecule is CCCCCCCCCCNCCN[C@@]1(C)C[C@H](O[C@H]2[C@H](Oc3c4cc5cc3Oc3ccc(cc3Cl)[C@@H](O)[C@@H](NC(=O)[C@@H](CC(C)C)NC)C(=O)N[C@@H](CC(N)=O)C(=O)N[C@H]5C(=O)N[C@H]3C(=O)N[C@H](C(=O)N[C@H](C(=O)O)c5cc(O)c(CN(CP(=O)(O)O)N=O)c(O)c5-c5cc3ccc5O)[C@H](O)c3ccc(c(Cl)c3)O4)O[C@H](CO)[C@@H](O)[C@@H]2O)O[C@@H](C)[C@H]1O. The van der Waals surface area contributed by atoms with E-state index in [-0.39, 0.29) is 40.6 Å². The number of unbranched alkanes of at least 4 members (excludes halogenated alkanes) is 7. The first-order chi connectivity index (χ1) is 58.3. The number of aliphatic hydroxyl groups excluding tert-OH is 6. The Morgan fingerprint density at radius 2 is 1.33 bits per heavy atom. The molecule has 11 bridgehead atoms. The summed E-state index contributed by atoms with van der Waals surface area (Å²) < 4.78 is 51.6. The predicted octanol–water partition coefficient (Wildman–Crippen LogP) is 3.09. The van der Waals surface area contributed by atoms with Crippen molar-refractivity contribution >= 4 is 78.1 Å². The van der Waals surface area contributed by atoms with Crippen LogP contribution in [0.5, 0.6) is 46.0 Å². The molecule has 5 aromatic carbocycles. The van der Waals surface area contributed by atoms with Crippen LogP contribution in [0.2, 0.25) is 10.0 Å². The molecule has 7 heterocycles. The van der Waals surface area contributed by atoms with E-state index in [1.54, 1.807) is 27.7 Å². The molecular weight excluding hydrogens is 1680 g/mol. The number of hydrogen-bond acceptors (Lipinski definition) is 29. The van der Waals surface area contributed by atoms with Crippen LogP contribution in [0, 0.1) is 10.8 Å². The van der Waals surface area contributed by atoms with Crippen LogP contribution < -0.4 is 67.8 Å². The maximum atomic E-state index is 16.4. The van der Waals surface area contributed by atoms with Crippen LogP contribution in [-0.2, 0) is 63.7 Å². The first-order valence-corrected chi connectivity index (χ1v) is 42.6. The highest BCUT2D eigenvalue weighted by Gasteiger charge is 2.52. The maximum Gasteiger partial charge on any atom is 0.346 e. The van der Waals surface area contributed by atoms with E-state index in [0.29, 0.717) is 19.2 Å². The fraction of sp³-hybridized carbons (Fsp3) is 0.525. The van der Waals surface area contributed by atoms with E-state index in [1.165, 1.54) is 38.4 Å². The Hall–Kier alpha value is -9.69. The number of likely N-dealkylation sites (N-methyl/N-ethyl adjacent to an activating group) is 1. The number of carbonyl (C=O) groups excluding carboxylic acids is 7. The van der Waals surface area contributed by atoms with Gasteiger partial charge in [0.05, 0.1) is 58.7 Å². The largest absolute Gasteiger partial charge is 0.507 e. The number of primary amides is 1. The number of fused-ring (bicyclic) bond motifs is 15. The molecule has 0 aliphatic carbocycles. The molecule has 672 valence electrons. The first kappa shape index (κ1) is 95.5. The Kier molecular flexibility index (Phi) is 32.5. The molecule has 0 aromatic heterocycles. The monoisotopic (exact) mass is 1780 g/mol. The van der Waals surface area contributed by atoms with Crippen molar-refractivity contribution in [3.8, 4) is 57.1 Å². The van der Waals surface area contributed by atoms with Crippen LogP contribution in [-0.4, -0.2) is 232 Å². The number of rotatable bonds is 31. The molecule has 2 saturated heterocycles. The molecule has 7 amide bonds. The molecule has 0 radical (unpaired) electrons. The van der Waals surface area contributed by atoms with Gasteiger partial charge in [0.2, 0.25) is 53.4 Å². The smallest absolute Gasteiger partial charge is 0.346 e. The van der Waals surface area contributed by atoms with Gasteiger partial charge in [-0.05, 0) is 123 Å². The van der Waals surface area contributed by atoms with Gasteiger partial charge in [-0.1, -0.05) is 107 Å². The highest BCUT2D eigenvalue weighted by molar-refractivity contribution is 7.51. The normalized spacial score (nSPS) is 26.4. The van der Waals surface area contributed by atoms with Crippen molar-refractivity contribution in [2.75, 3.05) is 39.6 Å². The van der Waals surface area contributed by atoms with Gasteiger partial charge < -0.3 is 143 Å². The average Bonchev–Trinajstić information content (AvgIpc) is 0.648. The van der Waals surface area contributed by atoms with Crippen molar-refractivity contribution in [3.63, 3.8) is 0 Å². The van der Waals surface area contributed by atoms with Gasteiger partial charge in [-0.3, -0.25) is 38.1 Å². The minimum atomic E-state index is -5.18. The molecule has 40 nitrogen and oxygen atoms in total. The van der Waals surface area contributed by atoms with Crippen LogP contribution in [0.4, 0.5) is 0 Å². The first-order valence-electron chi connectivity index (χ1n) is 40.0. The Labute approximate surface area is 715 Å². The molecule has 0 unspecified atom stereocenters. The molecule has 18 atom stereocenters. The molecule has 12 rings (SSSR count). The number of carboxylic acids is 1. The van der Waals surface area contributed by atoms with Crippen molar-refractivity contribution in [3.05, 3.63) is 121 Å². The number of aliphatic carboxylic acids is 1. The van der Waals surface area contributed by atoms with Crippen molar-refractivity contribution in [2.45, 2.75) is 221 Å². The van der Waals surface area contributed by atoms with Gasteiger partial charge in [-0.15, -0.1) is 4.91 Å². The number of nitrogens with one attached hydrogen (secondary N) is 9. The fourth-order valence-electron chi connectivity index (χ4n) is 15.3. The fourth-order valence-corrected chi connectivity index (χ4v) is 16.3. The van der Waals surface area contributed by atoms with Gasteiger partial charge in [0.15, 0.2) is 29.9 Å². The zero-order chi connectivity index (χ0) is 89.8. The van der Waals surface area contributed by atoms with E-state index in [9.17, 15) is 84.7 Å². The molecule has 43 heteroatoms. The molecule has 0 spiro atoms. The summed E-state index contributed by atoms with van der Waals surface area (Å²) in [7, 11) is -3.72. The third-order valence-corrected chi connectivity index (χ3v) is 23.1. The number of ether oxygens (including phenoxy) is 6. The zero-order valence-corrected chi connectivity index (χ0v) is 70.3. The number of nitrogens with zero attached hydrogens (tertiary/aromatic N) is 2. The topological polar surface area (TPSA) is 619 Å². The molecule has 123 heavy (non-hydrogen) atoms. The minimum Gasteiger partial charge on any atom is -0.507 e. The molecule has 23 N–H and O–H groups in total. The van der Waals surface area contributed by atoms with E-state index in [0.717, 1.165) is 93.2 Å². The highest BCUT2D eigenvalue weighted by Crippen LogP contribution is 2.51.